The summed E-state index contributed by atoms with van der Waals surface area (Å²) in [6.45, 7) is -0.204. The van der Waals surface area contributed by atoms with Crippen LogP contribution in [0.25, 0.3) is 0 Å². The van der Waals surface area contributed by atoms with E-state index in [-0.39, 0.29) is 13.2 Å². The van der Waals surface area contributed by atoms with Crippen LogP contribution < -0.4 is 10.6 Å². The van der Waals surface area contributed by atoms with Crippen LogP contribution in [0.3, 0.4) is 0 Å². The fourth-order valence-electron chi connectivity index (χ4n) is 1.53. The Morgan fingerprint density at radius 3 is 2.59 bits per heavy atom. The van der Waals surface area contributed by atoms with Gasteiger partial charge in [0.25, 0.3) is 6.43 Å². The Morgan fingerprint density at radius 1 is 1.41 bits per heavy atom. The van der Waals surface area contributed by atoms with Gasteiger partial charge < -0.3 is 15.7 Å². The second-order valence-corrected chi connectivity index (χ2v) is 3.96. The maximum Gasteiger partial charge on any atom is 0.255 e. The van der Waals surface area contributed by atoms with Crippen molar-refractivity contribution in [3.8, 4) is 0 Å². The molecule has 1 rings (SSSR count). The van der Waals surface area contributed by atoms with Crippen molar-refractivity contribution >= 4 is 17.3 Å². The second kappa shape index (κ2) is 6.74. The topological polar surface area (TPSA) is 49.5 Å². The number of rotatable bonds is 6. The van der Waals surface area contributed by atoms with E-state index in [1.807, 2.05) is 0 Å². The van der Waals surface area contributed by atoms with E-state index in [0.717, 1.165) is 5.56 Å². The van der Waals surface area contributed by atoms with Crippen molar-refractivity contribution < 1.29 is 13.9 Å². The van der Waals surface area contributed by atoms with E-state index in [0.29, 0.717) is 17.3 Å². The normalized spacial score (nSPS) is 10.9. The zero-order chi connectivity index (χ0) is 12.8. The number of nitrogens with two attached hydrogens (primary N) is 1. The molecule has 17 heavy (non-hydrogen) atoms. The lowest BCUT2D eigenvalue weighted by Crippen LogP contribution is -2.31. The number of hydrogen-bond acceptors (Lipinski definition) is 3. The Morgan fingerprint density at radius 2 is 2.12 bits per heavy atom. The van der Waals surface area contributed by atoms with E-state index in [2.05, 4.69) is 0 Å². The fraction of sp³-hybridized carbons (Fsp3) is 0.455. The first-order chi connectivity index (χ1) is 8.08. The maximum atomic E-state index is 12.4. The number of alkyl halides is 2. The number of halogens is 3. The number of aliphatic hydroxyl groups excluding tert-OH is 1. The molecule has 0 saturated heterocycles. The Kier molecular flexibility index (Phi) is 5.61. The molecule has 0 saturated carbocycles. The summed E-state index contributed by atoms with van der Waals surface area (Å²) >= 11 is 6.00. The predicted octanol–water partition coefficient (Wildman–Crippen LogP) is 1.86. The zero-order valence-corrected chi connectivity index (χ0v) is 10.00. The summed E-state index contributed by atoms with van der Waals surface area (Å²) in [5.74, 6) is 0. The molecule has 0 aromatic heterocycles. The SMILES string of the molecule is NCc1ccc(N(CCO)CC(F)F)c(Cl)c1. The molecule has 1 aromatic carbocycles. The molecule has 0 amide bonds. The van der Waals surface area contributed by atoms with Gasteiger partial charge in [-0.1, -0.05) is 17.7 Å². The van der Waals surface area contributed by atoms with Crippen LogP contribution in [0.5, 0.6) is 0 Å². The van der Waals surface area contributed by atoms with Gasteiger partial charge >= 0.3 is 0 Å². The van der Waals surface area contributed by atoms with Crippen LogP contribution in [0.1, 0.15) is 5.56 Å². The van der Waals surface area contributed by atoms with Crippen molar-refractivity contribution in [3.63, 3.8) is 0 Å². The minimum atomic E-state index is -2.48. The van der Waals surface area contributed by atoms with Crippen molar-refractivity contribution in [2.24, 2.45) is 5.73 Å². The average molecular weight is 265 g/mol. The van der Waals surface area contributed by atoms with Crippen LogP contribution in [0, 0.1) is 0 Å². The first-order valence-electron chi connectivity index (χ1n) is 5.21. The van der Waals surface area contributed by atoms with Gasteiger partial charge in [-0.2, -0.15) is 0 Å². The lowest BCUT2D eigenvalue weighted by Gasteiger charge is -2.24. The summed E-state index contributed by atoms with van der Waals surface area (Å²) in [4.78, 5) is 1.35. The highest BCUT2D eigenvalue weighted by atomic mass is 35.5. The van der Waals surface area contributed by atoms with E-state index in [1.165, 1.54) is 4.90 Å². The minimum absolute atomic E-state index is 0.117. The molecular weight excluding hydrogens is 250 g/mol. The fourth-order valence-corrected chi connectivity index (χ4v) is 1.85. The second-order valence-electron chi connectivity index (χ2n) is 3.55. The van der Waals surface area contributed by atoms with Crippen molar-refractivity contribution in [1.82, 2.24) is 0 Å². The van der Waals surface area contributed by atoms with Crippen LogP contribution in [0.2, 0.25) is 5.02 Å². The number of nitrogens with zero attached hydrogens (tertiary/aromatic N) is 1. The Hall–Kier alpha value is -0.910. The minimum Gasteiger partial charge on any atom is -0.395 e. The van der Waals surface area contributed by atoms with Gasteiger partial charge in [0.1, 0.15) is 0 Å². The molecule has 0 fully saturated rings. The van der Waals surface area contributed by atoms with Gasteiger partial charge in [-0.25, -0.2) is 8.78 Å². The Labute approximate surface area is 104 Å². The predicted molar refractivity (Wildman–Crippen MR) is 64.6 cm³/mol. The van der Waals surface area contributed by atoms with Gasteiger partial charge in [0.2, 0.25) is 0 Å². The third kappa shape index (κ3) is 4.11. The van der Waals surface area contributed by atoms with Gasteiger partial charge in [0.15, 0.2) is 0 Å². The molecular formula is C11H15ClF2N2O. The molecule has 96 valence electrons. The number of hydrogen-bond donors (Lipinski definition) is 2. The van der Waals surface area contributed by atoms with Crippen molar-refractivity contribution in [1.29, 1.82) is 0 Å². The van der Waals surface area contributed by atoms with Crippen LogP contribution in [0.15, 0.2) is 18.2 Å². The van der Waals surface area contributed by atoms with Crippen molar-refractivity contribution in [3.05, 3.63) is 28.8 Å². The molecule has 0 atom stereocenters. The van der Waals surface area contributed by atoms with Gasteiger partial charge in [-0.15, -0.1) is 0 Å². The third-order valence-electron chi connectivity index (χ3n) is 2.32. The lowest BCUT2D eigenvalue weighted by atomic mass is 10.2. The lowest BCUT2D eigenvalue weighted by molar-refractivity contribution is 0.153. The summed E-state index contributed by atoms with van der Waals surface area (Å²) in [5.41, 5.74) is 6.77. The standard InChI is InChI=1S/C11H15ClF2N2O/c12-9-5-8(6-15)1-2-10(9)16(3-4-17)7-11(13)14/h1-2,5,11,17H,3-4,6-7,15H2. The quantitative estimate of drug-likeness (QED) is 0.825. The molecule has 0 aliphatic heterocycles. The van der Waals surface area contributed by atoms with Crippen LogP contribution in [-0.4, -0.2) is 31.2 Å². The largest absolute Gasteiger partial charge is 0.395 e. The molecule has 0 aliphatic carbocycles. The molecule has 0 aliphatic rings. The smallest absolute Gasteiger partial charge is 0.255 e. The molecule has 3 N–H and O–H groups in total. The van der Waals surface area contributed by atoms with Gasteiger partial charge in [0, 0.05) is 13.1 Å². The van der Waals surface area contributed by atoms with Crippen molar-refractivity contribution in [2.75, 3.05) is 24.6 Å². The first kappa shape index (κ1) is 14.2. The van der Waals surface area contributed by atoms with Crippen molar-refractivity contribution in [2.45, 2.75) is 13.0 Å². The Balaban J connectivity index is 2.93. The third-order valence-corrected chi connectivity index (χ3v) is 2.62. The van der Waals surface area contributed by atoms with E-state index >= 15 is 0 Å². The van der Waals surface area contributed by atoms with Crippen LogP contribution >= 0.6 is 11.6 Å². The van der Waals surface area contributed by atoms with Gasteiger partial charge in [-0.05, 0) is 17.7 Å². The molecule has 0 heterocycles. The molecule has 6 heteroatoms. The summed E-state index contributed by atoms with van der Waals surface area (Å²) in [5, 5.41) is 9.22. The van der Waals surface area contributed by atoms with E-state index in [4.69, 9.17) is 22.4 Å². The van der Waals surface area contributed by atoms with Gasteiger partial charge in [-0.3, -0.25) is 0 Å². The van der Waals surface area contributed by atoms with E-state index in [9.17, 15) is 8.78 Å². The number of anilines is 1. The molecule has 0 bridgehead atoms. The van der Waals surface area contributed by atoms with Gasteiger partial charge in [0.05, 0.1) is 23.9 Å². The summed E-state index contributed by atoms with van der Waals surface area (Å²) < 4.78 is 24.8. The first-order valence-corrected chi connectivity index (χ1v) is 5.58. The Bertz CT molecular complexity index is 363. The molecule has 1 aromatic rings. The summed E-state index contributed by atoms with van der Waals surface area (Å²) in [6, 6.07) is 5.02. The molecule has 0 radical (unpaired) electrons. The summed E-state index contributed by atoms with van der Waals surface area (Å²) in [7, 11) is 0. The van der Waals surface area contributed by atoms with Crippen LogP contribution in [0.4, 0.5) is 14.5 Å². The highest BCUT2D eigenvalue weighted by Gasteiger charge is 2.15. The van der Waals surface area contributed by atoms with Crippen LogP contribution in [-0.2, 0) is 6.54 Å². The van der Waals surface area contributed by atoms with E-state index < -0.39 is 13.0 Å². The average Bonchev–Trinajstić information content (AvgIpc) is 2.27. The zero-order valence-electron chi connectivity index (χ0n) is 9.24. The van der Waals surface area contributed by atoms with E-state index in [1.54, 1.807) is 18.2 Å². The molecule has 0 spiro atoms. The summed E-state index contributed by atoms with van der Waals surface area (Å²) in [6.07, 6.45) is -2.48. The monoisotopic (exact) mass is 264 g/mol. The number of benzene rings is 1. The highest BCUT2D eigenvalue weighted by molar-refractivity contribution is 6.33. The number of aliphatic hydroxyl groups is 1. The highest BCUT2D eigenvalue weighted by Crippen LogP contribution is 2.27. The maximum absolute atomic E-state index is 12.4. The molecule has 0 unspecified atom stereocenters. The molecule has 3 nitrogen and oxygen atoms in total.